The molecular formula is C10H17ClN2OS. The van der Waals surface area contributed by atoms with E-state index in [0.717, 1.165) is 18.0 Å². The summed E-state index contributed by atoms with van der Waals surface area (Å²) < 4.78 is 5.45. The maximum atomic E-state index is 5.61. The summed E-state index contributed by atoms with van der Waals surface area (Å²) in [4.78, 5) is 0. The molecule has 0 radical (unpaired) electrons. The summed E-state index contributed by atoms with van der Waals surface area (Å²) in [6, 6.07) is 0. The van der Waals surface area contributed by atoms with Crippen LogP contribution in [0.5, 0.6) is 5.19 Å². The van der Waals surface area contributed by atoms with Crippen molar-refractivity contribution in [1.82, 2.24) is 10.2 Å². The predicted molar refractivity (Wildman–Crippen MR) is 63.7 cm³/mol. The van der Waals surface area contributed by atoms with Crippen LogP contribution in [0.3, 0.4) is 0 Å². The Morgan fingerprint density at radius 2 is 2.00 bits per heavy atom. The molecule has 0 saturated heterocycles. The van der Waals surface area contributed by atoms with E-state index in [2.05, 4.69) is 17.1 Å². The molecule has 0 atom stereocenters. The van der Waals surface area contributed by atoms with Crippen molar-refractivity contribution in [1.29, 1.82) is 0 Å². The van der Waals surface area contributed by atoms with E-state index in [9.17, 15) is 0 Å². The molecule has 0 unspecified atom stereocenters. The van der Waals surface area contributed by atoms with E-state index in [-0.39, 0.29) is 0 Å². The van der Waals surface area contributed by atoms with Crippen LogP contribution in [0.4, 0.5) is 0 Å². The van der Waals surface area contributed by atoms with Gasteiger partial charge in [-0.15, -0.1) is 21.8 Å². The fourth-order valence-corrected chi connectivity index (χ4v) is 1.99. The lowest BCUT2D eigenvalue weighted by molar-refractivity contribution is 0.300. The minimum absolute atomic E-state index is 0.414. The lowest BCUT2D eigenvalue weighted by Crippen LogP contribution is -1.96. The van der Waals surface area contributed by atoms with Gasteiger partial charge in [-0.3, -0.25) is 0 Å². The molecule has 15 heavy (non-hydrogen) atoms. The van der Waals surface area contributed by atoms with Gasteiger partial charge in [-0.25, -0.2) is 0 Å². The van der Waals surface area contributed by atoms with Gasteiger partial charge in [-0.05, 0) is 6.42 Å². The highest BCUT2D eigenvalue weighted by Crippen LogP contribution is 2.19. The molecule has 1 rings (SSSR count). The first-order chi connectivity index (χ1) is 7.36. The molecule has 3 nitrogen and oxygen atoms in total. The zero-order chi connectivity index (χ0) is 10.9. The van der Waals surface area contributed by atoms with Crippen LogP contribution >= 0.6 is 22.9 Å². The van der Waals surface area contributed by atoms with Crippen molar-refractivity contribution in [3.05, 3.63) is 5.01 Å². The van der Waals surface area contributed by atoms with E-state index >= 15 is 0 Å². The number of rotatable bonds is 8. The van der Waals surface area contributed by atoms with Gasteiger partial charge in [0.1, 0.15) is 5.01 Å². The summed E-state index contributed by atoms with van der Waals surface area (Å²) in [7, 11) is 0. The highest BCUT2D eigenvalue weighted by molar-refractivity contribution is 7.13. The van der Waals surface area contributed by atoms with Gasteiger partial charge >= 0.3 is 0 Å². The summed E-state index contributed by atoms with van der Waals surface area (Å²) >= 11 is 7.04. The average Bonchev–Trinajstić information content (AvgIpc) is 2.71. The Morgan fingerprint density at radius 1 is 1.20 bits per heavy atom. The Labute approximate surface area is 99.8 Å². The van der Waals surface area contributed by atoms with Crippen molar-refractivity contribution in [2.45, 2.75) is 44.9 Å². The maximum absolute atomic E-state index is 5.61. The van der Waals surface area contributed by atoms with Crippen LogP contribution < -0.4 is 4.74 Å². The summed E-state index contributed by atoms with van der Waals surface area (Å²) in [5.41, 5.74) is 0. The van der Waals surface area contributed by atoms with E-state index < -0.39 is 0 Å². The van der Waals surface area contributed by atoms with Crippen LogP contribution in [0, 0.1) is 0 Å². The third-order valence-electron chi connectivity index (χ3n) is 2.04. The quantitative estimate of drug-likeness (QED) is 0.521. The first-order valence-electron chi connectivity index (χ1n) is 5.38. The van der Waals surface area contributed by atoms with E-state index in [1.54, 1.807) is 0 Å². The Bertz CT molecular complexity index is 268. The SMILES string of the molecule is CCCCCCCOc1nnc(CCl)s1. The highest BCUT2D eigenvalue weighted by Gasteiger charge is 2.02. The fraction of sp³-hybridized carbons (Fsp3) is 0.800. The smallest absolute Gasteiger partial charge is 0.294 e. The fourth-order valence-electron chi connectivity index (χ4n) is 1.22. The van der Waals surface area contributed by atoms with Crippen molar-refractivity contribution < 1.29 is 4.74 Å². The minimum Gasteiger partial charge on any atom is -0.469 e. The van der Waals surface area contributed by atoms with Gasteiger partial charge in [0.05, 0.1) is 12.5 Å². The van der Waals surface area contributed by atoms with E-state index in [4.69, 9.17) is 16.3 Å². The number of aromatic nitrogens is 2. The second-order valence-electron chi connectivity index (χ2n) is 3.36. The molecule has 0 fully saturated rings. The number of nitrogens with zero attached hydrogens (tertiary/aromatic N) is 2. The first kappa shape index (κ1) is 12.7. The second-order valence-corrected chi connectivity index (χ2v) is 4.65. The Morgan fingerprint density at radius 3 is 2.67 bits per heavy atom. The van der Waals surface area contributed by atoms with Gasteiger partial charge < -0.3 is 4.74 Å². The van der Waals surface area contributed by atoms with Gasteiger partial charge in [0, 0.05) is 0 Å². The molecule has 0 aliphatic carbocycles. The number of ether oxygens (including phenoxy) is 1. The van der Waals surface area contributed by atoms with E-state index in [1.165, 1.54) is 37.0 Å². The Kier molecular flexibility index (Phi) is 6.68. The van der Waals surface area contributed by atoms with Crippen LogP contribution in [-0.2, 0) is 5.88 Å². The number of unbranched alkanes of at least 4 members (excludes halogenated alkanes) is 4. The zero-order valence-electron chi connectivity index (χ0n) is 9.04. The molecule has 0 bridgehead atoms. The van der Waals surface area contributed by atoms with Gasteiger partial charge in [0.2, 0.25) is 0 Å². The number of hydrogen-bond donors (Lipinski definition) is 0. The molecule has 0 spiro atoms. The van der Waals surface area contributed by atoms with Gasteiger partial charge in [0.15, 0.2) is 0 Å². The summed E-state index contributed by atoms with van der Waals surface area (Å²) in [5.74, 6) is 0.414. The average molecular weight is 249 g/mol. The predicted octanol–water partition coefficient (Wildman–Crippen LogP) is 3.63. The largest absolute Gasteiger partial charge is 0.469 e. The third-order valence-corrected chi connectivity index (χ3v) is 3.28. The minimum atomic E-state index is 0.414. The van der Waals surface area contributed by atoms with Crippen molar-refractivity contribution in [3.8, 4) is 5.19 Å². The van der Waals surface area contributed by atoms with Gasteiger partial charge in [-0.1, -0.05) is 43.9 Å². The molecule has 1 aromatic heterocycles. The normalized spacial score (nSPS) is 10.5. The molecule has 0 aliphatic rings. The second kappa shape index (κ2) is 7.88. The van der Waals surface area contributed by atoms with Crippen molar-refractivity contribution in [3.63, 3.8) is 0 Å². The van der Waals surface area contributed by atoms with Crippen LogP contribution in [0.15, 0.2) is 0 Å². The van der Waals surface area contributed by atoms with Crippen molar-refractivity contribution in [2.24, 2.45) is 0 Å². The standard InChI is InChI=1S/C10H17ClN2OS/c1-2-3-4-5-6-7-14-10-13-12-9(8-11)15-10/h2-8H2,1H3. The lowest BCUT2D eigenvalue weighted by Gasteiger charge is -2.00. The molecular weight excluding hydrogens is 232 g/mol. The molecule has 0 aromatic carbocycles. The monoisotopic (exact) mass is 248 g/mol. The van der Waals surface area contributed by atoms with Crippen LogP contribution in [0.1, 0.15) is 44.0 Å². The zero-order valence-corrected chi connectivity index (χ0v) is 10.6. The van der Waals surface area contributed by atoms with E-state index in [0.29, 0.717) is 11.1 Å². The Balaban J connectivity index is 2.04. The summed E-state index contributed by atoms with van der Waals surface area (Å²) in [6.45, 7) is 2.95. The number of hydrogen-bond acceptors (Lipinski definition) is 4. The number of alkyl halides is 1. The van der Waals surface area contributed by atoms with Crippen LogP contribution in [0.25, 0.3) is 0 Å². The first-order valence-corrected chi connectivity index (χ1v) is 6.73. The van der Waals surface area contributed by atoms with Crippen molar-refractivity contribution in [2.75, 3.05) is 6.61 Å². The lowest BCUT2D eigenvalue weighted by atomic mass is 10.2. The summed E-state index contributed by atoms with van der Waals surface area (Å²) in [5, 5.41) is 9.21. The third kappa shape index (κ3) is 5.33. The van der Waals surface area contributed by atoms with E-state index in [1.807, 2.05) is 0 Å². The molecule has 0 amide bonds. The molecule has 0 N–H and O–H groups in total. The topological polar surface area (TPSA) is 35.0 Å². The van der Waals surface area contributed by atoms with Crippen LogP contribution in [0.2, 0.25) is 0 Å². The molecule has 86 valence electrons. The molecule has 1 aromatic rings. The molecule has 1 heterocycles. The number of halogens is 1. The molecule has 0 saturated carbocycles. The van der Waals surface area contributed by atoms with Gasteiger partial charge in [-0.2, -0.15) is 0 Å². The maximum Gasteiger partial charge on any atom is 0.294 e. The molecule has 0 aliphatic heterocycles. The highest BCUT2D eigenvalue weighted by atomic mass is 35.5. The Hall–Kier alpha value is -0.350. The van der Waals surface area contributed by atoms with Crippen LogP contribution in [-0.4, -0.2) is 16.8 Å². The molecule has 5 heteroatoms. The summed E-state index contributed by atoms with van der Waals surface area (Å²) in [6.07, 6.45) is 6.21. The van der Waals surface area contributed by atoms with Crippen molar-refractivity contribution >= 4 is 22.9 Å². The van der Waals surface area contributed by atoms with Gasteiger partial charge in [0.25, 0.3) is 5.19 Å².